The highest BCUT2D eigenvalue weighted by Crippen LogP contribution is 2.41. The third kappa shape index (κ3) is 5.58. The number of hydrogen-bond acceptors (Lipinski definition) is 9. The number of sulfone groups is 1. The zero-order valence-electron chi connectivity index (χ0n) is 26.8. The van der Waals surface area contributed by atoms with Crippen LogP contribution in [-0.2, 0) is 14.6 Å². The molecule has 1 N–H and O–H groups in total. The van der Waals surface area contributed by atoms with Crippen LogP contribution in [0.4, 0.5) is 5.69 Å². The number of carbonyl (C=O) groups is 1. The molecule has 3 fully saturated rings. The van der Waals surface area contributed by atoms with Crippen molar-refractivity contribution >= 4 is 38.0 Å². The quantitative estimate of drug-likeness (QED) is 0.348. The average molecular weight is 647 g/mol. The van der Waals surface area contributed by atoms with Crippen molar-refractivity contribution in [2.75, 3.05) is 70.9 Å². The molecule has 0 atom stereocenters. The molecule has 0 unspecified atom stereocenters. The molecule has 46 heavy (non-hydrogen) atoms. The highest BCUT2D eigenvalue weighted by atomic mass is 32.2. The Morgan fingerprint density at radius 3 is 2.30 bits per heavy atom. The van der Waals surface area contributed by atoms with Crippen LogP contribution in [-0.4, -0.2) is 115 Å². The van der Waals surface area contributed by atoms with E-state index in [1.807, 2.05) is 19.1 Å². The zero-order chi connectivity index (χ0) is 32.2. The van der Waals surface area contributed by atoms with Gasteiger partial charge in [0.2, 0.25) is 20.8 Å². The smallest absolute Gasteiger partial charge is 0.281 e. The van der Waals surface area contributed by atoms with Gasteiger partial charge in [-0.25, -0.2) is 18.1 Å². The van der Waals surface area contributed by atoms with E-state index < -0.39 is 15.4 Å². The van der Waals surface area contributed by atoms with E-state index >= 15 is 0 Å². The summed E-state index contributed by atoms with van der Waals surface area (Å²) in [5.41, 5.74) is 2.85. The number of carbonyl (C=O) groups excluding carboxylic acids is 1. The summed E-state index contributed by atoms with van der Waals surface area (Å²) in [4.78, 5) is 39.5. The summed E-state index contributed by atoms with van der Waals surface area (Å²) in [5.74, 6) is 0.224. The van der Waals surface area contributed by atoms with E-state index in [0.29, 0.717) is 28.4 Å². The van der Waals surface area contributed by atoms with Crippen molar-refractivity contribution in [1.29, 1.82) is 0 Å². The number of amides is 1. The number of nitrogens with zero attached hydrogens (tertiary/aromatic N) is 7. The summed E-state index contributed by atoms with van der Waals surface area (Å²) in [5, 5.41) is 7.01. The van der Waals surface area contributed by atoms with E-state index in [2.05, 4.69) is 41.9 Å². The van der Waals surface area contributed by atoms with Gasteiger partial charge in [0.05, 0.1) is 22.3 Å². The molecular weight excluding hydrogens is 604 g/mol. The number of nitrogens with one attached hydrogen (secondary N) is 1. The minimum atomic E-state index is -4.03. The first-order valence-electron chi connectivity index (χ1n) is 16.2. The number of hydrogen-bond donors (Lipinski definition) is 1. The third-order valence-corrected chi connectivity index (χ3v) is 12.3. The van der Waals surface area contributed by atoms with Gasteiger partial charge in [-0.15, -0.1) is 5.10 Å². The van der Waals surface area contributed by atoms with Gasteiger partial charge in [-0.3, -0.25) is 14.5 Å². The van der Waals surface area contributed by atoms with Gasteiger partial charge >= 0.3 is 0 Å². The maximum Gasteiger partial charge on any atom is 0.281 e. The van der Waals surface area contributed by atoms with Gasteiger partial charge in [0.25, 0.3) is 5.56 Å². The van der Waals surface area contributed by atoms with Crippen LogP contribution in [0.5, 0.6) is 0 Å². The first kappa shape index (κ1) is 30.8. The van der Waals surface area contributed by atoms with Gasteiger partial charge in [-0.2, -0.15) is 4.98 Å². The fourth-order valence-corrected chi connectivity index (χ4v) is 8.93. The molecule has 4 aromatic rings. The fourth-order valence-electron chi connectivity index (χ4n) is 7.46. The standard InChI is InChI=1S/C33H42N8O4S/c1-23-4-7-28(24(2)20-23)46(44,45)32-30-34-31(43)26-6-5-25(21-27(26)41(30)36-35-32)39-18-16-38(17-19-39)22-29(42)40-14-10-33(11-15-40)8-12-37(3)13-9-33/h4-7,20-21,36H,8-19,22H2,1-3H3. The van der Waals surface area contributed by atoms with Gasteiger partial charge in [0, 0.05) is 45.0 Å². The average Bonchev–Trinajstić information content (AvgIpc) is 3.48. The number of likely N-dealkylation sites (tertiary alicyclic amines) is 2. The molecule has 244 valence electrons. The maximum atomic E-state index is 13.6. The molecule has 0 bridgehead atoms. The molecule has 0 saturated carbocycles. The first-order chi connectivity index (χ1) is 22.0. The number of aryl methyl sites for hydroxylation is 2. The van der Waals surface area contributed by atoms with Crippen LogP contribution in [0.2, 0.25) is 0 Å². The summed E-state index contributed by atoms with van der Waals surface area (Å²) in [7, 11) is -1.84. The largest absolute Gasteiger partial charge is 0.369 e. The lowest BCUT2D eigenvalue weighted by Gasteiger charge is -2.46. The molecule has 5 heterocycles. The third-order valence-electron chi connectivity index (χ3n) is 10.5. The van der Waals surface area contributed by atoms with Crippen LogP contribution in [0.3, 0.4) is 0 Å². The lowest BCUT2D eigenvalue weighted by molar-refractivity contribution is -0.135. The Morgan fingerprint density at radius 2 is 1.61 bits per heavy atom. The molecule has 3 aliphatic rings. The van der Waals surface area contributed by atoms with Crippen molar-refractivity contribution in [2.45, 2.75) is 49.5 Å². The Morgan fingerprint density at radius 1 is 0.913 bits per heavy atom. The van der Waals surface area contributed by atoms with Gasteiger partial charge in [0.15, 0.2) is 5.65 Å². The van der Waals surface area contributed by atoms with Crippen molar-refractivity contribution in [3.63, 3.8) is 0 Å². The zero-order valence-corrected chi connectivity index (χ0v) is 27.6. The molecule has 3 saturated heterocycles. The number of H-pyrrole nitrogens is 1. The summed E-state index contributed by atoms with van der Waals surface area (Å²) in [6.45, 7) is 11.1. The van der Waals surface area contributed by atoms with E-state index in [0.717, 1.165) is 76.5 Å². The summed E-state index contributed by atoms with van der Waals surface area (Å²) < 4.78 is 28.7. The maximum absolute atomic E-state index is 13.6. The molecule has 1 amide bonds. The van der Waals surface area contributed by atoms with E-state index in [9.17, 15) is 18.0 Å². The Labute approximate surface area is 268 Å². The second kappa shape index (κ2) is 11.8. The Balaban J connectivity index is 1.04. The second-order valence-electron chi connectivity index (χ2n) is 13.5. The molecular formula is C33H42N8O4S. The monoisotopic (exact) mass is 646 g/mol. The molecule has 0 radical (unpaired) electrons. The van der Waals surface area contributed by atoms with Crippen molar-refractivity contribution in [3.8, 4) is 0 Å². The summed E-state index contributed by atoms with van der Waals surface area (Å²) in [6.07, 6.45) is 4.71. The Hall–Kier alpha value is -3.81. The second-order valence-corrected chi connectivity index (χ2v) is 15.3. The van der Waals surface area contributed by atoms with E-state index in [-0.39, 0.29) is 21.5 Å². The molecule has 3 aliphatic heterocycles. The van der Waals surface area contributed by atoms with Gasteiger partial charge in [0.1, 0.15) is 0 Å². The van der Waals surface area contributed by atoms with Crippen LogP contribution in [0, 0.1) is 19.3 Å². The number of fused-ring (bicyclic) bond motifs is 3. The van der Waals surface area contributed by atoms with Crippen molar-refractivity contribution < 1.29 is 13.2 Å². The Bertz CT molecular complexity index is 1960. The minimum absolute atomic E-state index is 0.0302. The molecule has 1 spiro atoms. The van der Waals surface area contributed by atoms with Crippen LogP contribution in [0.15, 0.2) is 51.1 Å². The van der Waals surface area contributed by atoms with E-state index in [1.165, 1.54) is 17.4 Å². The van der Waals surface area contributed by atoms with Crippen molar-refractivity contribution in [1.82, 2.24) is 34.5 Å². The van der Waals surface area contributed by atoms with Gasteiger partial charge < -0.3 is 14.7 Å². The number of benzene rings is 2. The predicted octanol–water partition coefficient (Wildman–Crippen LogP) is 2.48. The number of rotatable bonds is 5. The fraction of sp³-hybridized carbons (Fsp3) is 0.515. The molecule has 12 nitrogen and oxygen atoms in total. The van der Waals surface area contributed by atoms with E-state index in [4.69, 9.17) is 0 Å². The number of aromatic amines is 1. The van der Waals surface area contributed by atoms with E-state index in [1.54, 1.807) is 31.2 Å². The normalized spacial score (nSPS) is 19.8. The highest BCUT2D eigenvalue weighted by molar-refractivity contribution is 7.91. The van der Waals surface area contributed by atoms with Crippen molar-refractivity contribution in [2.24, 2.45) is 5.41 Å². The molecule has 13 heteroatoms. The molecule has 7 rings (SSSR count). The Kier molecular flexibility index (Phi) is 7.89. The highest BCUT2D eigenvalue weighted by Gasteiger charge is 2.38. The minimum Gasteiger partial charge on any atom is -0.369 e. The molecule has 2 aromatic carbocycles. The number of piperidine rings is 2. The lowest BCUT2D eigenvalue weighted by atomic mass is 9.71. The lowest BCUT2D eigenvalue weighted by Crippen LogP contribution is -2.52. The number of anilines is 1. The van der Waals surface area contributed by atoms with Crippen LogP contribution >= 0.6 is 0 Å². The SMILES string of the molecule is Cc1ccc(S(=O)(=O)c2n[nH]n3c2nc(=O)c2ccc(N4CCN(CC(=O)N5CCC6(CCN(C)CC6)CC5)CC4)cc23)c(C)c1. The van der Waals surface area contributed by atoms with Crippen LogP contribution in [0.1, 0.15) is 36.8 Å². The summed E-state index contributed by atoms with van der Waals surface area (Å²) >= 11 is 0. The predicted molar refractivity (Wildman–Crippen MR) is 176 cm³/mol. The van der Waals surface area contributed by atoms with Gasteiger partial charge in [-0.05, 0) is 94.9 Å². The molecule has 2 aromatic heterocycles. The van der Waals surface area contributed by atoms with Crippen LogP contribution < -0.4 is 10.5 Å². The van der Waals surface area contributed by atoms with Gasteiger partial charge in [-0.1, -0.05) is 17.7 Å². The summed E-state index contributed by atoms with van der Waals surface area (Å²) in [6, 6.07) is 10.6. The molecule has 0 aliphatic carbocycles. The number of aromatic nitrogens is 4. The van der Waals surface area contributed by atoms with Crippen molar-refractivity contribution in [3.05, 3.63) is 57.9 Å². The van der Waals surface area contributed by atoms with Crippen LogP contribution in [0.25, 0.3) is 16.6 Å². The first-order valence-corrected chi connectivity index (χ1v) is 17.7. The number of piperazine rings is 1. The topological polar surface area (TPSA) is 127 Å².